The summed E-state index contributed by atoms with van der Waals surface area (Å²) in [7, 11) is 2.18. The molecule has 0 aromatic carbocycles. The number of likely N-dealkylation sites (N-methyl/N-ethyl adjacent to an activating group) is 1. The topological polar surface area (TPSA) is 42.2 Å². The van der Waals surface area contributed by atoms with Crippen LogP contribution in [0.4, 0.5) is 0 Å². The molecule has 1 aliphatic rings. The average Bonchev–Trinajstić information content (AvgIpc) is 2.91. The molecule has 90 valence electrons. The van der Waals surface area contributed by atoms with Gasteiger partial charge in [-0.1, -0.05) is 12.8 Å². The highest BCUT2D eigenvalue weighted by atomic mass is 32.1. The summed E-state index contributed by atoms with van der Waals surface area (Å²) in [5, 5.41) is 2.12. The Morgan fingerprint density at radius 3 is 2.88 bits per heavy atom. The minimum absolute atomic E-state index is 0.532. The zero-order valence-corrected chi connectivity index (χ0v) is 10.7. The zero-order valence-electron chi connectivity index (χ0n) is 9.93. The van der Waals surface area contributed by atoms with E-state index in [0.717, 1.165) is 19.0 Å². The van der Waals surface area contributed by atoms with Crippen LogP contribution in [0.5, 0.6) is 0 Å². The van der Waals surface area contributed by atoms with Gasteiger partial charge in [0.1, 0.15) is 0 Å². The Morgan fingerprint density at radius 2 is 2.31 bits per heavy atom. The minimum atomic E-state index is 0.532. The quantitative estimate of drug-likeness (QED) is 0.855. The molecule has 0 radical (unpaired) electrons. The number of nitrogens with zero attached hydrogens (tertiary/aromatic N) is 2. The molecule has 0 saturated heterocycles. The molecule has 1 heterocycles. The fraction of sp³-hybridized carbons (Fsp3) is 0.750. The van der Waals surface area contributed by atoms with Gasteiger partial charge in [-0.3, -0.25) is 4.90 Å². The van der Waals surface area contributed by atoms with E-state index in [1.807, 2.05) is 5.51 Å². The van der Waals surface area contributed by atoms with Crippen LogP contribution in [0.25, 0.3) is 0 Å². The van der Waals surface area contributed by atoms with Gasteiger partial charge in [0, 0.05) is 24.5 Å². The third-order valence-corrected chi connectivity index (χ3v) is 4.28. The van der Waals surface area contributed by atoms with Crippen molar-refractivity contribution >= 4 is 11.3 Å². The summed E-state index contributed by atoms with van der Waals surface area (Å²) in [6.07, 6.45) is 5.46. The summed E-state index contributed by atoms with van der Waals surface area (Å²) in [5.74, 6) is 0.800. The smallest absolute Gasteiger partial charge is 0.0795 e. The van der Waals surface area contributed by atoms with E-state index < -0.39 is 0 Å². The van der Waals surface area contributed by atoms with Gasteiger partial charge in [-0.2, -0.15) is 0 Å². The van der Waals surface area contributed by atoms with E-state index in [9.17, 15) is 0 Å². The SMILES string of the molecule is CN(Cc1cscn1)C(CN)C1CCCC1. The normalized spacial score (nSPS) is 19.4. The van der Waals surface area contributed by atoms with E-state index in [0.29, 0.717) is 6.04 Å². The van der Waals surface area contributed by atoms with Gasteiger partial charge in [0.05, 0.1) is 11.2 Å². The highest BCUT2D eigenvalue weighted by Gasteiger charge is 2.27. The van der Waals surface area contributed by atoms with E-state index in [2.05, 4.69) is 22.3 Å². The summed E-state index contributed by atoms with van der Waals surface area (Å²) in [6.45, 7) is 1.70. The molecular weight excluding hydrogens is 218 g/mol. The van der Waals surface area contributed by atoms with E-state index in [1.54, 1.807) is 11.3 Å². The minimum Gasteiger partial charge on any atom is -0.329 e. The maximum Gasteiger partial charge on any atom is 0.0795 e. The van der Waals surface area contributed by atoms with Crippen molar-refractivity contribution in [2.75, 3.05) is 13.6 Å². The Bertz CT molecular complexity index is 293. The van der Waals surface area contributed by atoms with Crippen molar-refractivity contribution in [1.82, 2.24) is 9.88 Å². The molecule has 1 aromatic rings. The highest BCUT2D eigenvalue weighted by molar-refractivity contribution is 7.07. The lowest BCUT2D eigenvalue weighted by Gasteiger charge is -2.31. The van der Waals surface area contributed by atoms with Crippen LogP contribution in [0.2, 0.25) is 0 Å². The van der Waals surface area contributed by atoms with Gasteiger partial charge in [-0.15, -0.1) is 11.3 Å². The van der Waals surface area contributed by atoms with Gasteiger partial charge >= 0.3 is 0 Å². The molecule has 16 heavy (non-hydrogen) atoms. The van der Waals surface area contributed by atoms with Gasteiger partial charge in [-0.05, 0) is 25.8 Å². The molecule has 1 unspecified atom stereocenters. The largest absolute Gasteiger partial charge is 0.329 e. The molecular formula is C12H21N3S. The lowest BCUT2D eigenvalue weighted by atomic mass is 9.97. The monoisotopic (exact) mass is 239 g/mol. The highest BCUT2D eigenvalue weighted by Crippen LogP contribution is 2.29. The maximum absolute atomic E-state index is 5.92. The third-order valence-electron chi connectivity index (χ3n) is 3.65. The maximum atomic E-state index is 5.92. The summed E-state index contributed by atoms with van der Waals surface area (Å²) in [5.41, 5.74) is 8.99. The molecule has 1 saturated carbocycles. The summed E-state index contributed by atoms with van der Waals surface area (Å²) in [6, 6.07) is 0.532. The number of hydrogen-bond donors (Lipinski definition) is 1. The first-order valence-electron chi connectivity index (χ1n) is 6.08. The molecule has 0 bridgehead atoms. The van der Waals surface area contributed by atoms with Crippen LogP contribution >= 0.6 is 11.3 Å². The predicted octanol–water partition coefficient (Wildman–Crippen LogP) is 2.09. The van der Waals surface area contributed by atoms with Crippen molar-refractivity contribution in [3.8, 4) is 0 Å². The fourth-order valence-electron chi connectivity index (χ4n) is 2.76. The number of thiazole rings is 1. The first-order chi connectivity index (χ1) is 7.81. The van der Waals surface area contributed by atoms with Crippen molar-refractivity contribution in [3.05, 3.63) is 16.6 Å². The van der Waals surface area contributed by atoms with Crippen molar-refractivity contribution < 1.29 is 0 Å². The Hall–Kier alpha value is -0.450. The first-order valence-corrected chi connectivity index (χ1v) is 7.03. The Morgan fingerprint density at radius 1 is 1.56 bits per heavy atom. The van der Waals surface area contributed by atoms with Crippen molar-refractivity contribution in [2.24, 2.45) is 11.7 Å². The predicted molar refractivity (Wildman–Crippen MR) is 68.4 cm³/mol. The molecule has 1 aliphatic carbocycles. The fourth-order valence-corrected chi connectivity index (χ4v) is 3.31. The molecule has 1 fully saturated rings. The lowest BCUT2D eigenvalue weighted by Crippen LogP contribution is -2.42. The lowest BCUT2D eigenvalue weighted by molar-refractivity contribution is 0.173. The zero-order chi connectivity index (χ0) is 11.4. The van der Waals surface area contributed by atoms with Crippen LogP contribution in [0, 0.1) is 5.92 Å². The first kappa shape index (κ1) is 12.0. The van der Waals surface area contributed by atoms with E-state index in [-0.39, 0.29) is 0 Å². The third kappa shape index (κ3) is 2.81. The van der Waals surface area contributed by atoms with Gasteiger partial charge in [0.25, 0.3) is 0 Å². The number of rotatable bonds is 5. The standard InChI is InChI=1S/C12H21N3S/c1-15(7-11-8-16-9-14-11)12(6-13)10-4-2-3-5-10/h8-10,12H,2-7,13H2,1H3. The summed E-state index contributed by atoms with van der Waals surface area (Å²) in [4.78, 5) is 6.72. The van der Waals surface area contributed by atoms with Crippen LogP contribution < -0.4 is 5.73 Å². The molecule has 4 heteroatoms. The summed E-state index contributed by atoms with van der Waals surface area (Å²) < 4.78 is 0. The molecule has 0 amide bonds. The van der Waals surface area contributed by atoms with E-state index in [4.69, 9.17) is 5.73 Å². The van der Waals surface area contributed by atoms with Crippen LogP contribution in [0.1, 0.15) is 31.4 Å². The molecule has 2 N–H and O–H groups in total. The van der Waals surface area contributed by atoms with Crippen LogP contribution in [-0.2, 0) is 6.54 Å². The van der Waals surface area contributed by atoms with Crippen LogP contribution in [0.15, 0.2) is 10.9 Å². The second-order valence-corrected chi connectivity index (χ2v) is 5.46. The Balaban J connectivity index is 1.92. The van der Waals surface area contributed by atoms with Crippen LogP contribution in [-0.4, -0.2) is 29.5 Å². The molecule has 2 rings (SSSR count). The number of nitrogens with two attached hydrogens (primary N) is 1. The second kappa shape index (κ2) is 5.75. The van der Waals surface area contributed by atoms with Gasteiger partial charge < -0.3 is 5.73 Å². The number of hydrogen-bond acceptors (Lipinski definition) is 4. The van der Waals surface area contributed by atoms with E-state index in [1.165, 1.54) is 31.4 Å². The average molecular weight is 239 g/mol. The Labute approximate surface area is 102 Å². The summed E-state index contributed by atoms with van der Waals surface area (Å²) >= 11 is 1.66. The van der Waals surface area contributed by atoms with Crippen molar-refractivity contribution in [2.45, 2.75) is 38.3 Å². The van der Waals surface area contributed by atoms with Gasteiger partial charge in [0.2, 0.25) is 0 Å². The second-order valence-electron chi connectivity index (χ2n) is 4.74. The van der Waals surface area contributed by atoms with Crippen LogP contribution in [0.3, 0.4) is 0 Å². The number of aromatic nitrogens is 1. The molecule has 0 aliphatic heterocycles. The van der Waals surface area contributed by atoms with Crippen molar-refractivity contribution in [3.63, 3.8) is 0 Å². The molecule has 1 atom stereocenters. The van der Waals surface area contributed by atoms with Gasteiger partial charge in [0.15, 0.2) is 0 Å². The molecule has 1 aromatic heterocycles. The molecule has 0 spiro atoms. The van der Waals surface area contributed by atoms with Gasteiger partial charge in [-0.25, -0.2) is 4.98 Å². The van der Waals surface area contributed by atoms with Crippen molar-refractivity contribution in [1.29, 1.82) is 0 Å². The van der Waals surface area contributed by atoms with E-state index >= 15 is 0 Å². The Kier molecular flexibility index (Phi) is 4.32. The molecule has 3 nitrogen and oxygen atoms in total.